The lowest BCUT2D eigenvalue weighted by Crippen LogP contribution is -2.36. The zero-order chi connectivity index (χ0) is 13.4. The van der Waals surface area contributed by atoms with E-state index < -0.39 is 5.82 Å². The number of methoxy groups -OCH3 is 1. The van der Waals surface area contributed by atoms with E-state index in [-0.39, 0.29) is 11.6 Å². The Kier molecular flexibility index (Phi) is 6.24. The minimum Gasteiger partial charge on any atom is -0.383 e. The van der Waals surface area contributed by atoms with Crippen LogP contribution in [0.15, 0.2) is 18.3 Å². The topological polar surface area (TPSA) is 68.5 Å². The lowest BCUT2D eigenvalue weighted by Gasteiger charge is -2.21. The van der Waals surface area contributed by atoms with Crippen LogP contribution in [0, 0.1) is 5.82 Å². The van der Waals surface area contributed by atoms with E-state index >= 15 is 0 Å². The first kappa shape index (κ1) is 14.5. The fourth-order valence-corrected chi connectivity index (χ4v) is 1.46. The van der Waals surface area contributed by atoms with Gasteiger partial charge in [-0.3, -0.25) is 4.79 Å². The van der Waals surface area contributed by atoms with Crippen molar-refractivity contribution >= 4 is 5.91 Å². The SMILES string of the molecule is COCCN(CCCN)C(=O)c1ccc(F)cn1. The molecule has 1 amide bonds. The predicted molar refractivity (Wildman–Crippen MR) is 65.6 cm³/mol. The summed E-state index contributed by atoms with van der Waals surface area (Å²) in [7, 11) is 1.57. The van der Waals surface area contributed by atoms with E-state index in [9.17, 15) is 9.18 Å². The Labute approximate surface area is 106 Å². The highest BCUT2D eigenvalue weighted by Gasteiger charge is 2.16. The smallest absolute Gasteiger partial charge is 0.272 e. The van der Waals surface area contributed by atoms with Crippen LogP contribution >= 0.6 is 0 Å². The lowest BCUT2D eigenvalue weighted by atomic mass is 10.3. The van der Waals surface area contributed by atoms with Gasteiger partial charge in [-0.05, 0) is 25.1 Å². The van der Waals surface area contributed by atoms with Crippen LogP contribution in [-0.2, 0) is 4.74 Å². The second-order valence-electron chi connectivity index (χ2n) is 3.79. The first-order valence-electron chi connectivity index (χ1n) is 5.79. The Balaban J connectivity index is 2.70. The summed E-state index contributed by atoms with van der Waals surface area (Å²) in [5.41, 5.74) is 5.66. The van der Waals surface area contributed by atoms with Gasteiger partial charge in [0.05, 0.1) is 12.8 Å². The molecule has 0 spiro atoms. The zero-order valence-corrected chi connectivity index (χ0v) is 10.4. The van der Waals surface area contributed by atoms with Crippen molar-refractivity contribution < 1.29 is 13.9 Å². The number of ether oxygens (including phenoxy) is 1. The molecule has 6 heteroatoms. The Bertz CT molecular complexity index is 362. The molecule has 1 aromatic heterocycles. The van der Waals surface area contributed by atoms with Crippen molar-refractivity contribution in [1.29, 1.82) is 0 Å². The number of aromatic nitrogens is 1. The molecule has 0 bridgehead atoms. The molecular weight excluding hydrogens is 237 g/mol. The molecule has 1 aromatic rings. The van der Waals surface area contributed by atoms with Crippen LogP contribution in [0.25, 0.3) is 0 Å². The van der Waals surface area contributed by atoms with Gasteiger partial charge in [0.2, 0.25) is 0 Å². The number of carbonyl (C=O) groups excluding carboxylic acids is 1. The van der Waals surface area contributed by atoms with Crippen molar-refractivity contribution in [3.05, 3.63) is 29.8 Å². The van der Waals surface area contributed by atoms with Gasteiger partial charge in [0.25, 0.3) is 5.91 Å². The first-order valence-corrected chi connectivity index (χ1v) is 5.79. The van der Waals surface area contributed by atoms with Gasteiger partial charge in [0.1, 0.15) is 11.5 Å². The van der Waals surface area contributed by atoms with Crippen molar-refractivity contribution in [2.24, 2.45) is 5.73 Å². The lowest BCUT2D eigenvalue weighted by molar-refractivity contribution is 0.0688. The van der Waals surface area contributed by atoms with E-state index in [1.807, 2.05) is 0 Å². The maximum Gasteiger partial charge on any atom is 0.272 e. The second kappa shape index (κ2) is 7.73. The fraction of sp³-hybridized carbons (Fsp3) is 0.500. The maximum absolute atomic E-state index is 12.7. The van der Waals surface area contributed by atoms with Crippen LogP contribution in [0.4, 0.5) is 4.39 Å². The Morgan fingerprint density at radius 2 is 2.28 bits per heavy atom. The number of nitrogens with zero attached hydrogens (tertiary/aromatic N) is 2. The number of hydrogen-bond acceptors (Lipinski definition) is 4. The summed E-state index contributed by atoms with van der Waals surface area (Å²) in [6.45, 7) is 1.96. The normalized spacial score (nSPS) is 10.4. The Hall–Kier alpha value is -1.53. The highest BCUT2D eigenvalue weighted by molar-refractivity contribution is 5.92. The molecule has 0 saturated carbocycles. The molecule has 0 aliphatic carbocycles. The molecule has 0 fully saturated rings. The van der Waals surface area contributed by atoms with E-state index in [0.29, 0.717) is 32.7 Å². The average molecular weight is 255 g/mol. The Morgan fingerprint density at radius 1 is 1.50 bits per heavy atom. The third kappa shape index (κ3) is 4.38. The average Bonchev–Trinajstić information content (AvgIpc) is 2.39. The summed E-state index contributed by atoms with van der Waals surface area (Å²) in [6, 6.07) is 2.59. The molecule has 0 aromatic carbocycles. The molecular formula is C12H18FN3O2. The van der Waals surface area contributed by atoms with E-state index in [1.54, 1.807) is 12.0 Å². The van der Waals surface area contributed by atoms with Gasteiger partial charge in [-0.2, -0.15) is 0 Å². The van der Waals surface area contributed by atoms with Crippen molar-refractivity contribution in [3.8, 4) is 0 Å². The summed E-state index contributed by atoms with van der Waals surface area (Å²) in [5.74, 6) is -0.697. The van der Waals surface area contributed by atoms with Crippen molar-refractivity contribution in [2.75, 3.05) is 33.4 Å². The van der Waals surface area contributed by atoms with Gasteiger partial charge in [-0.15, -0.1) is 0 Å². The number of carbonyl (C=O) groups is 1. The van der Waals surface area contributed by atoms with Crippen LogP contribution < -0.4 is 5.73 Å². The number of nitrogens with two attached hydrogens (primary N) is 1. The van der Waals surface area contributed by atoms with Gasteiger partial charge in [-0.1, -0.05) is 0 Å². The molecule has 1 heterocycles. The molecule has 2 N–H and O–H groups in total. The van der Waals surface area contributed by atoms with Crippen LogP contribution in [0.2, 0.25) is 0 Å². The largest absolute Gasteiger partial charge is 0.383 e. The summed E-state index contributed by atoms with van der Waals surface area (Å²) in [5, 5.41) is 0. The van der Waals surface area contributed by atoms with E-state index in [1.165, 1.54) is 12.1 Å². The summed E-state index contributed by atoms with van der Waals surface area (Å²) >= 11 is 0. The molecule has 5 nitrogen and oxygen atoms in total. The highest BCUT2D eigenvalue weighted by Crippen LogP contribution is 2.04. The van der Waals surface area contributed by atoms with Gasteiger partial charge in [0.15, 0.2) is 0 Å². The van der Waals surface area contributed by atoms with E-state index in [4.69, 9.17) is 10.5 Å². The Morgan fingerprint density at radius 3 is 2.83 bits per heavy atom. The second-order valence-corrected chi connectivity index (χ2v) is 3.79. The van der Waals surface area contributed by atoms with Crippen molar-refractivity contribution in [3.63, 3.8) is 0 Å². The third-order valence-electron chi connectivity index (χ3n) is 2.43. The van der Waals surface area contributed by atoms with E-state index in [2.05, 4.69) is 4.98 Å². The van der Waals surface area contributed by atoms with Crippen LogP contribution in [0.5, 0.6) is 0 Å². The third-order valence-corrected chi connectivity index (χ3v) is 2.43. The standard InChI is InChI=1S/C12H18FN3O2/c1-18-8-7-16(6-2-5-14)12(17)11-4-3-10(13)9-15-11/h3-4,9H,2,5-8,14H2,1H3. The molecule has 0 aliphatic rings. The number of hydrogen-bond donors (Lipinski definition) is 1. The van der Waals surface area contributed by atoms with Crippen LogP contribution in [0.3, 0.4) is 0 Å². The summed E-state index contributed by atoms with van der Waals surface area (Å²) in [4.78, 5) is 17.5. The van der Waals surface area contributed by atoms with Crippen LogP contribution in [-0.4, -0.2) is 49.1 Å². The minimum absolute atomic E-state index is 0.226. The summed E-state index contributed by atoms with van der Waals surface area (Å²) in [6.07, 6.45) is 1.74. The highest BCUT2D eigenvalue weighted by atomic mass is 19.1. The van der Waals surface area contributed by atoms with Gasteiger partial charge in [-0.25, -0.2) is 9.37 Å². The number of pyridine rings is 1. The predicted octanol–water partition coefficient (Wildman–Crippen LogP) is 0.658. The molecule has 100 valence electrons. The van der Waals surface area contributed by atoms with Gasteiger partial charge >= 0.3 is 0 Å². The first-order chi connectivity index (χ1) is 8.69. The summed E-state index contributed by atoms with van der Waals surface area (Å²) < 4.78 is 17.7. The monoisotopic (exact) mass is 255 g/mol. The number of rotatable bonds is 7. The fourth-order valence-electron chi connectivity index (χ4n) is 1.46. The minimum atomic E-state index is -0.461. The molecule has 1 rings (SSSR count). The number of halogens is 1. The maximum atomic E-state index is 12.7. The molecule has 0 radical (unpaired) electrons. The van der Waals surface area contributed by atoms with Crippen molar-refractivity contribution in [2.45, 2.75) is 6.42 Å². The molecule has 0 aliphatic heterocycles. The van der Waals surface area contributed by atoms with Crippen LogP contribution in [0.1, 0.15) is 16.9 Å². The molecule has 0 saturated heterocycles. The zero-order valence-electron chi connectivity index (χ0n) is 10.4. The van der Waals surface area contributed by atoms with Gasteiger partial charge < -0.3 is 15.4 Å². The molecule has 0 atom stereocenters. The number of amides is 1. The molecule has 18 heavy (non-hydrogen) atoms. The quantitative estimate of drug-likeness (QED) is 0.777. The van der Waals surface area contributed by atoms with Gasteiger partial charge in [0, 0.05) is 20.2 Å². The van der Waals surface area contributed by atoms with Crippen molar-refractivity contribution in [1.82, 2.24) is 9.88 Å². The molecule has 0 unspecified atom stereocenters. The van der Waals surface area contributed by atoms with E-state index in [0.717, 1.165) is 6.20 Å².